The van der Waals surface area contributed by atoms with Gasteiger partial charge in [-0.1, -0.05) is 35.5 Å². The van der Waals surface area contributed by atoms with Gasteiger partial charge in [0.25, 0.3) is 0 Å². The average Bonchev–Trinajstić information content (AvgIpc) is 3.26. The lowest BCUT2D eigenvalue weighted by atomic mass is 10.1. The van der Waals surface area contributed by atoms with Crippen LogP contribution in [0.5, 0.6) is 0 Å². The molecule has 7 heteroatoms. The summed E-state index contributed by atoms with van der Waals surface area (Å²) in [4.78, 5) is 18.7. The Labute approximate surface area is 163 Å². The average molecular weight is 378 g/mol. The van der Waals surface area contributed by atoms with Crippen LogP contribution in [-0.4, -0.2) is 48.9 Å². The molecule has 2 heterocycles. The SMILES string of the molecule is O=C(NCCc1ccccc1)c1nc(-c2ccc(N3CCOCC3)cc2)no1. The van der Waals surface area contributed by atoms with E-state index in [1.165, 1.54) is 0 Å². The summed E-state index contributed by atoms with van der Waals surface area (Å²) in [6.45, 7) is 3.77. The Hall–Kier alpha value is -3.19. The molecule has 3 aromatic rings. The molecule has 1 saturated heterocycles. The zero-order valence-electron chi connectivity index (χ0n) is 15.5. The van der Waals surface area contributed by atoms with Crippen molar-refractivity contribution in [3.63, 3.8) is 0 Å². The number of anilines is 1. The smallest absolute Gasteiger partial charge is 0.316 e. The normalized spacial score (nSPS) is 14.1. The minimum Gasteiger partial charge on any atom is -0.378 e. The van der Waals surface area contributed by atoms with E-state index in [1.807, 2.05) is 54.6 Å². The maximum absolute atomic E-state index is 12.2. The number of nitrogens with one attached hydrogen (secondary N) is 1. The van der Waals surface area contributed by atoms with Gasteiger partial charge in [0, 0.05) is 30.9 Å². The van der Waals surface area contributed by atoms with Gasteiger partial charge in [-0.05, 0) is 36.2 Å². The first-order valence-electron chi connectivity index (χ1n) is 9.38. The summed E-state index contributed by atoms with van der Waals surface area (Å²) < 4.78 is 10.5. The first kappa shape index (κ1) is 18.2. The van der Waals surface area contributed by atoms with Crippen LogP contribution in [-0.2, 0) is 11.2 Å². The number of carbonyl (C=O) groups is 1. The second kappa shape index (κ2) is 8.67. The van der Waals surface area contributed by atoms with E-state index < -0.39 is 0 Å². The molecule has 0 spiro atoms. The largest absolute Gasteiger partial charge is 0.378 e. The van der Waals surface area contributed by atoms with Crippen molar-refractivity contribution in [2.45, 2.75) is 6.42 Å². The molecule has 4 rings (SSSR count). The lowest BCUT2D eigenvalue weighted by molar-refractivity contribution is 0.0910. The molecule has 28 heavy (non-hydrogen) atoms. The van der Waals surface area contributed by atoms with E-state index in [0.29, 0.717) is 12.4 Å². The molecular weight excluding hydrogens is 356 g/mol. The van der Waals surface area contributed by atoms with Crippen LogP contribution < -0.4 is 10.2 Å². The van der Waals surface area contributed by atoms with E-state index in [2.05, 4.69) is 20.4 Å². The molecule has 1 N–H and O–H groups in total. The number of rotatable bonds is 6. The van der Waals surface area contributed by atoms with Gasteiger partial charge in [0.1, 0.15) is 0 Å². The van der Waals surface area contributed by atoms with Crippen LogP contribution in [0, 0.1) is 0 Å². The van der Waals surface area contributed by atoms with Crippen molar-refractivity contribution in [3.8, 4) is 11.4 Å². The van der Waals surface area contributed by atoms with Crippen LogP contribution in [0.3, 0.4) is 0 Å². The van der Waals surface area contributed by atoms with Crippen LogP contribution in [0.1, 0.15) is 16.2 Å². The molecule has 0 atom stereocenters. The van der Waals surface area contributed by atoms with Crippen molar-refractivity contribution in [2.24, 2.45) is 0 Å². The highest BCUT2D eigenvalue weighted by atomic mass is 16.5. The number of aromatic nitrogens is 2. The molecule has 1 aliphatic rings. The van der Waals surface area contributed by atoms with Gasteiger partial charge in [0.2, 0.25) is 5.82 Å². The molecule has 1 amide bonds. The van der Waals surface area contributed by atoms with E-state index in [4.69, 9.17) is 9.26 Å². The summed E-state index contributed by atoms with van der Waals surface area (Å²) in [6.07, 6.45) is 0.747. The Morgan fingerprint density at radius 1 is 1.04 bits per heavy atom. The number of benzene rings is 2. The molecule has 2 aromatic carbocycles. The van der Waals surface area contributed by atoms with Crippen LogP contribution >= 0.6 is 0 Å². The third kappa shape index (κ3) is 4.37. The van der Waals surface area contributed by atoms with Crippen molar-refractivity contribution in [3.05, 3.63) is 66.1 Å². The summed E-state index contributed by atoms with van der Waals surface area (Å²) in [6, 6.07) is 17.9. The zero-order chi connectivity index (χ0) is 19.2. The molecular formula is C21H22N4O3. The predicted octanol–water partition coefficient (Wildman–Crippen LogP) is 2.55. The molecule has 1 aliphatic heterocycles. The zero-order valence-corrected chi connectivity index (χ0v) is 15.5. The van der Waals surface area contributed by atoms with Gasteiger partial charge in [-0.15, -0.1) is 0 Å². The topological polar surface area (TPSA) is 80.5 Å². The molecule has 0 radical (unpaired) electrons. The summed E-state index contributed by atoms with van der Waals surface area (Å²) in [7, 11) is 0. The lowest BCUT2D eigenvalue weighted by Gasteiger charge is -2.28. The van der Waals surface area contributed by atoms with Crippen LogP contribution in [0.25, 0.3) is 11.4 Å². The maximum atomic E-state index is 12.2. The maximum Gasteiger partial charge on any atom is 0.316 e. The van der Waals surface area contributed by atoms with Crippen LogP contribution in [0.15, 0.2) is 59.1 Å². The predicted molar refractivity (Wildman–Crippen MR) is 105 cm³/mol. The Kier molecular flexibility index (Phi) is 5.63. The highest BCUT2D eigenvalue weighted by Crippen LogP contribution is 2.22. The summed E-state index contributed by atoms with van der Waals surface area (Å²) in [5, 5.41) is 6.75. The third-order valence-electron chi connectivity index (χ3n) is 4.66. The summed E-state index contributed by atoms with van der Waals surface area (Å²) in [5.74, 6) is 0.0154. The summed E-state index contributed by atoms with van der Waals surface area (Å²) >= 11 is 0. The van der Waals surface area contributed by atoms with E-state index in [0.717, 1.165) is 49.5 Å². The number of nitrogens with zero attached hydrogens (tertiary/aromatic N) is 3. The highest BCUT2D eigenvalue weighted by molar-refractivity contribution is 5.89. The Bertz CT molecular complexity index is 903. The summed E-state index contributed by atoms with van der Waals surface area (Å²) in [5.41, 5.74) is 3.10. The molecule has 7 nitrogen and oxygen atoms in total. The Morgan fingerprint density at radius 3 is 2.54 bits per heavy atom. The van der Waals surface area contributed by atoms with Gasteiger partial charge in [0.05, 0.1) is 13.2 Å². The number of amides is 1. The molecule has 1 fully saturated rings. The molecule has 0 unspecified atom stereocenters. The highest BCUT2D eigenvalue weighted by Gasteiger charge is 2.16. The third-order valence-corrected chi connectivity index (χ3v) is 4.66. The van der Waals surface area contributed by atoms with Gasteiger partial charge < -0.3 is 19.5 Å². The van der Waals surface area contributed by atoms with E-state index in [1.54, 1.807) is 0 Å². The van der Waals surface area contributed by atoms with Crippen molar-refractivity contribution in [1.82, 2.24) is 15.5 Å². The molecule has 0 aliphatic carbocycles. The van der Waals surface area contributed by atoms with Crippen LogP contribution in [0.4, 0.5) is 5.69 Å². The molecule has 0 bridgehead atoms. The van der Waals surface area contributed by atoms with Crippen LogP contribution in [0.2, 0.25) is 0 Å². The number of hydrogen-bond acceptors (Lipinski definition) is 6. The van der Waals surface area contributed by atoms with Gasteiger partial charge >= 0.3 is 11.8 Å². The van der Waals surface area contributed by atoms with Gasteiger partial charge in [0.15, 0.2) is 0 Å². The van der Waals surface area contributed by atoms with Gasteiger partial charge in [-0.2, -0.15) is 4.98 Å². The second-order valence-electron chi connectivity index (χ2n) is 6.56. The van der Waals surface area contributed by atoms with E-state index in [-0.39, 0.29) is 11.8 Å². The quantitative estimate of drug-likeness (QED) is 0.710. The fourth-order valence-electron chi connectivity index (χ4n) is 3.12. The first-order valence-corrected chi connectivity index (χ1v) is 9.38. The van der Waals surface area contributed by atoms with E-state index in [9.17, 15) is 4.79 Å². The van der Waals surface area contributed by atoms with Crippen molar-refractivity contribution < 1.29 is 14.1 Å². The number of hydrogen-bond donors (Lipinski definition) is 1. The Morgan fingerprint density at radius 2 is 1.79 bits per heavy atom. The number of ether oxygens (including phenoxy) is 1. The minimum atomic E-state index is -0.361. The van der Waals surface area contributed by atoms with Crippen molar-refractivity contribution >= 4 is 11.6 Å². The molecule has 0 saturated carbocycles. The van der Waals surface area contributed by atoms with Gasteiger partial charge in [-0.3, -0.25) is 4.79 Å². The first-order chi connectivity index (χ1) is 13.8. The minimum absolute atomic E-state index is 0.0275. The molecule has 1 aromatic heterocycles. The second-order valence-corrected chi connectivity index (χ2v) is 6.56. The monoisotopic (exact) mass is 378 g/mol. The van der Waals surface area contributed by atoms with Crippen molar-refractivity contribution in [2.75, 3.05) is 37.7 Å². The number of carbonyl (C=O) groups excluding carboxylic acids is 1. The Balaban J connectivity index is 1.34. The van der Waals surface area contributed by atoms with Gasteiger partial charge in [-0.25, -0.2) is 0 Å². The van der Waals surface area contributed by atoms with E-state index >= 15 is 0 Å². The van der Waals surface area contributed by atoms with Crippen molar-refractivity contribution in [1.29, 1.82) is 0 Å². The lowest BCUT2D eigenvalue weighted by Crippen LogP contribution is -2.36. The fraction of sp³-hybridized carbons (Fsp3) is 0.286. The fourth-order valence-corrected chi connectivity index (χ4v) is 3.12. The number of morpholine rings is 1. The molecule has 144 valence electrons. The standard InChI is InChI=1S/C21H22N4O3/c26-20(22-11-10-16-4-2-1-3-5-16)21-23-19(24-28-21)17-6-8-18(9-7-17)25-12-14-27-15-13-25/h1-9H,10-15H2,(H,22,26).